The van der Waals surface area contributed by atoms with Crippen LogP contribution in [-0.2, 0) is 24.5 Å². The fourth-order valence-electron chi connectivity index (χ4n) is 2.42. The molecule has 1 aromatic heterocycles. The summed E-state index contributed by atoms with van der Waals surface area (Å²) < 4.78 is 1.73. The Balaban J connectivity index is 1.71. The summed E-state index contributed by atoms with van der Waals surface area (Å²) in [7, 11) is 0. The molecule has 0 aliphatic carbocycles. The highest BCUT2D eigenvalue weighted by Gasteiger charge is 2.12. The van der Waals surface area contributed by atoms with E-state index in [1.165, 1.54) is 0 Å². The zero-order valence-electron chi connectivity index (χ0n) is 12.4. The van der Waals surface area contributed by atoms with E-state index in [0.29, 0.717) is 17.4 Å². The maximum atomic E-state index is 12.2. The number of aromatic nitrogens is 2. The van der Waals surface area contributed by atoms with Gasteiger partial charge in [-0.1, -0.05) is 35.9 Å². The van der Waals surface area contributed by atoms with E-state index < -0.39 is 0 Å². The molecule has 2 N–H and O–H groups in total. The number of carbonyl (C=O) groups is 1. The molecule has 3 aromatic rings. The van der Waals surface area contributed by atoms with Crippen molar-refractivity contribution in [3.8, 4) is 0 Å². The third-order valence-electron chi connectivity index (χ3n) is 3.58. The van der Waals surface area contributed by atoms with Crippen molar-refractivity contribution in [2.24, 2.45) is 0 Å². The summed E-state index contributed by atoms with van der Waals surface area (Å²) in [5.74, 6) is 0.339. The highest BCUT2D eigenvalue weighted by atomic mass is 35.5. The van der Waals surface area contributed by atoms with Gasteiger partial charge in [-0.25, -0.2) is 4.98 Å². The minimum atomic E-state index is -0.209. The Kier molecular flexibility index (Phi) is 4.60. The number of nitrogens with zero attached hydrogens (tertiary/aromatic N) is 2. The number of carbonyl (C=O) groups excluding carboxylic acids is 1. The number of amides is 1. The molecule has 0 saturated heterocycles. The van der Waals surface area contributed by atoms with Crippen molar-refractivity contribution in [1.82, 2.24) is 14.9 Å². The molecule has 5 nitrogen and oxygen atoms in total. The fourth-order valence-corrected chi connectivity index (χ4v) is 2.55. The molecular formula is C17H16ClN3O2. The number of aliphatic hydroxyl groups excluding tert-OH is 1. The predicted octanol–water partition coefficient (Wildman–Crippen LogP) is 2.50. The predicted molar refractivity (Wildman–Crippen MR) is 89.0 cm³/mol. The highest BCUT2D eigenvalue weighted by molar-refractivity contribution is 6.30. The van der Waals surface area contributed by atoms with Crippen molar-refractivity contribution in [2.75, 3.05) is 0 Å². The first-order valence-corrected chi connectivity index (χ1v) is 7.61. The lowest BCUT2D eigenvalue weighted by atomic mass is 10.2. The SMILES string of the molecule is O=C(Cn1c(CO)nc2ccccc21)NCc1ccc(Cl)cc1. The summed E-state index contributed by atoms with van der Waals surface area (Å²) in [6.45, 7) is 0.334. The molecule has 1 amide bonds. The third-order valence-corrected chi connectivity index (χ3v) is 3.83. The third kappa shape index (κ3) is 3.52. The molecule has 2 aromatic carbocycles. The summed E-state index contributed by atoms with van der Waals surface area (Å²) in [4.78, 5) is 16.5. The van der Waals surface area contributed by atoms with Gasteiger partial charge in [0, 0.05) is 11.6 Å². The molecule has 0 saturated carbocycles. The summed E-state index contributed by atoms with van der Waals surface area (Å²) in [5, 5.41) is 13.0. The van der Waals surface area contributed by atoms with E-state index in [0.717, 1.165) is 16.6 Å². The van der Waals surface area contributed by atoms with E-state index in [2.05, 4.69) is 10.3 Å². The number of fused-ring (bicyclic) bond motifs is 1. The molecule has 0 atom stereocenters. The van der Waals surface area contributed by atoms with Gasteiger partial charge in [-0.15, -0.1) is 0 Å². The Bertz CT molecular complexity index is 827. The first-order valence-electron chi connectivity index (χ1n) is 7.23. The van der Waals surface area contributed by atoms with Crippen LogP contribution in [0.4, 0.5) is 0 Å². The topological polar surface area (TPSA) is 67.2 Å². The summed E-state index contributed by atoms with van der Waals surface area (Å²) in [5.41, 5.74) is 2.57. The molecule has 0 aliphatic heterocycles. The van der Waals surface area contributed by atoms with Crippen molar-refractivity contribution >= 4 is 28.5 Å². The number of imidazole rings is 1. The van der Waals surface area contributed by atoms with Crippen LogP contribution in [0.5, 0.6) is 0 Å². The van der Waals surface area contributed by atoms with Gasteiger partial charge in [0.05, 0.1) is 11.0 Å². The van der Waals surface area contributed by atoms with Crippen LogP contribution in [0.1, 0.15) is 11.4 Å². The van der Waals surface area contributed by atoms with Gasteiger partial charge in [0.25, 0.3) is 0 Å². The second-order valence-corrected chi connectivity index (χ2v) is 5.60. The van der Waals surface area contributed by atoms with E-state index >= 15 is 0 Å². The second-order valence-electron chi connectivity index (χ2n) is 5.16. The Morgan fingerprint density at radius 2 is 1.91 bits per heavy atom. The summed E-state index contributed by atoms with van der Waals surface area (Å²) in [6, 6.07) is 14.8. The Morgan fingerprint density at radius 1 is 1.17 bits per heavy atom. The van der Waals surface area contributed by atoms with Crippen LogP contribution in [0.15, 0.2) is 48.5 Å². The van der Waals surface area contributed by atoms with E-state index in [-0.39, 0.29) is 19.1 Å². The zero-order valence-corrected chi connectivity index (χ0v) is 13.1. The van der Waals surface area contributed by atoms with Crippen LogP contribution in [-0.4, -0.2) is 20.6 Å². The monoisotopic (exact) mass is 329 g/mol. The molecule has 0 spiro atoms. The van der Waals surface area contributed by atoms with E-state index in [4.69, 9.17) is 11.6 Å². The van der Waals surface area contributed by atoms with Crippen LogP contribution >= 0.6 is 11.6 Å². The van der Waals surface area contributed by atoms with E-state index in [1.807, 2.05) is 36.4 Å². The molecule has 3 rings (SSSR count). The number of nitrogens with one attached hydrogen (secondary N) is 1. The van der Waals surface area contributed by atoms with Crippen molar-refractivity contribution in [3.05, 3.63) is 64.9 Å². The van der Waals surface area contributed by atoms with Gasteiger partial charge in [0.2, 0.25) is 5.91 Å². The lowest BCUT2D eigenvalue weighted by Gasteiger charge is -2.09. The van der Waals surface area contributed by atoms with Gasteiger partial charge >= 0.3 is 0 Å². The van der Waals surface area contributed by atoms with Gasteiger partial charge in [0.1, 0.15) is 19.0 Å². The number of hydrogen-bond acceptors (Lipinski definition) is 3. The quantitative estimate of drug-likeness (QED) is 0.755. The summed E-state index contributed by atoms with van der Waals surface area (Å²) in [6.07, 6.45) is 0. The molecule has 0 unspecified atom stereocenters. The van der Waals surface area contributed by atoms with Gasteiger partial charge < -0.3 is 15.0 Å². The van der Waals surface area contributed by atoms with Crippen molar-refractivity contribution in [3.63, 3.8) is 0 Å². The molecule has 0 fully saturated rings. The molecule has 118 valence electrons. The lowest BCUT2D eigenvalue weighted by Crippen LogP contribution is -2.27. The van der Waals surface area contributed by atoms with Crippen LogP contribution in [0, 0.1) is 0 Å². The van der Waals surface area contributed by atoms with Crippen molar-refractivity contribution in [2.45, 2.75) is 19.7 Å². The number of para-hydroxylation sites is 2. The Hall–Kier alpha value is -2.37. The van der Waals surface area contributed by atoms with Gasteiger partial charge in [-0.05, 0) is 29.8 Å². The molecule has 0 aliphatic rings. The number of hydrogen-bond donors (Lipinski definition) is 2. The van der Waals surface area contributed by atoms with E-state index in [1.54, 1.807) is 16.7 Å². The molecule has 1 heterocycles. The molecule has 6 heteroatoms. The van der Waals surface area contributed by atoms with Gasteiger partial charge in [0.15, 0.2) is 0 Å². The maximum absolute atomic E-state index is 12.2. The lowest BCUT2D eigenvalue weighted by molar-refractivity contribution is -0.121. The normalized spacial score (nSPS) is 10.9. The van der Waals surface area contributed by atoms with E-state index in [9.17, 15) is 9.90 Å². The molecule has 0 radical (unpaired) electrons. The smallest absolute Gasteiger partial charge is 0.240 e. The molecule has 23 heavy (non-hydrogen) atoms. The minimum Gasteiger partial charge on any atom is -0.388 e. The van der Waals surface area contributed by atoms with Crippen LogP contribution in [0.25, 0.3) is 11.0 Å². The standard InChI is InChI=1S/C17H16ClN3O2/c18-13-7-5-12(6-8-13)9-19-17(23)10-21-15-4-2-1-3-14(15)20-16(21)11-22/h1-8,22H,9-11H2,(H,19,23). The average Bonchev–Trinajstić information content (AvgIpc) is 2.92. The van der Waals surface area contributed by atoms with Crippen molar-refractivity contribution < 1.29 is 9.90 Å². The molecule has 0 bridgehead atoms. The van der Waals surface area contributed by atoms with Crippen LogP contribution < -0.4 is 5.32 Å². The average molecular weight is 330 g/mol. The number of benzene rings is 2. The number of aliphatic hydroxyl groups is 1. The number of rotatable bonds is 5. The first-order chi connectivity index (χ1) is 11.2. The first kappa shape index (κ1) is 15.5. The largest absolute Gasteiger partial charge is 0.388 e. The zero-order chi connectivity index (χ0) is 16.2. The fraction of sp³-hybridized carbons (Fsp3) is 0.176. The highest BCUT2D eigenvalue weighted by Crippen LogP contribution is 2.16. The minimum absolute atomic E-state index is 0.115. The van der Waals surface area contributed by atoms with Gasteiger partial charge in [-0.2, -0.15) is 0 Å². The second kappa shape index (κ2) is 6.81. The summed E-state index contributed by atoms with van der Waals surface area (Å²) >= 11 is 5.84. The Morgan fingerprint density at radius 3 is 2.65 bits per heavy atom. The van der Waals surface area contributed by atoms with Crippen LogP contribution in [0.3, 0.4) is 0 Å². The van der Waals surface area contributed by atoms with Gasteiger partial charge in [-0.3, -0.25) is 4.79 Å². The van der Waals surface area contributed by atoms with Crippen molar-refractivity contribution in [1.29, 1.82) is 0 Å². The Labute approximate surface area is 138 Å². The maximum Gasteiger partial charge on any atom is 0.240 e. The van der Waals surface area contributed by atoms with Crippen LogP contribution in [0.2, 0.25) is 5.02 Å². The molecular weight excluding hydrogens is 314 g/mol. The number of halogens is 1.